The molecule has 0 spiro atoms. The molecule has 1 heterocycles. The molecule has 1 saturated heterocycles. The summed E-state index contributed by atoms with van der Waals surface area (Å²) >= 11 is 8.04. The van der Waals surface area contributed by atoms with Crippen molar-refractivity contribution >= 4 is 23.4 Å². The van der Waals surface area contributed by atoms with E-state index in [-0.39, 0.29) is 0 Å². The number of rotatable bonds is 4. The molecular weight excluding hydrogens is 190 g/mol. The zero-order chi connectivity index (χ0) is 8.81. The second-order valence-electron chi connectivity index (χ2n) is 3.21. The Hall–Kier alpha value is 0.600. The number of nitrogens with zero attached hydrogens (tertiary/aromatic N) is 1. The minimum atomic E-state index is 0.445. The van der Waals surface area contributed by atoms with Crippen LogP contribution in [0.25, 0.3) is 0 Å². The molecule has 72 valence electrons. The first-order valence-electron chi connectivity index (χ1n) is 4.77. The summed E-state index contributed by atoms with van der Waals surface area (Å²) < 4.78 is 0. The van der Waals surface area contributed by atoms with E-state index in [9.17, 15) is 0 Å². The van der Waals surface area contributed by atoms with Gasteiger partial charge in [0.25, 0.3) is 0 Å². The fraction of sp³-hybridized carbons (Fsp3) is 1.00. The molecule has 0 unspecified atom stereocenters. The molecule has 0 bridgehead atoms. The maximum atomic E-state index is 6.01. The van der Waals surface area contributed by atoms with Crippen molar-refractivity contribution in [3.05, 3.63) is 0 Å². The van der Waals surface area contributed by atoms with Gasteiger partial charge in [-0.1, -0.05) is 6.92 Å². The van der Waals surface area contributed by atoms with Gasteiger partial charge in [-0.2, -0.15) is 11.8 Å². The average Bonchev–Trinajstić information content (AvgIpc) is 2.09. The molecule has 0 aromatic rings. The lowest BCUT2D eigenvalue weighted by Crippen LogP contribution is -2.35. The number of thioether (sulfide) groups is 1. The van der Waals surface area contributed by atoms with Crippen LogP contribution in [0.2, 0.25) is 0 Å². The van der Waals surface area contributed by atoms with Crippen molar-refractivity contribution in [1.82, 2.24) is 4.90 Å². The van der Waals surface area contributed by atoms with E-state index in [0.29, 0.717) is 5.38 Å². The minimum Gasteiger partial charge on any atom is -0.302 e. The summed E-state index contributed by atoms with van der Waals surface area (Å²) in [6.45, 7) is 5.88. The standard InChI is InChI=1S/C9H18ClNS/c1-2-12-8-7-11-5-3-9(10)4-6-11/h9H,2-8H2,1H3. The van der Waals surface area contributed by atoms with E-state index in [2.05, 4.69) is 11.8 Å². The van der Waals surface area contributed by atoms with E-state index in [1.54, 1.807) is 0 Å². The number of likely N-dealkylation sites (tertiary alicyclic amines) is 1. The zero-order valence-corrected chi connectivity index (χ0v) is 9.33. The Morgan fingerprint density at radius 2 is 2.08 bits per heavy atom. The summed E-state index contributed by atoms with van der Waals surface area (Å²) in [4.78, 5) is 2.53. The first-order chi connectivity index (χ1) is 5.83. The Morgan fingerprint density at radius 3 is 2.67 bits per heavy atom. The lowest BCUT2D eigenvalue weighted by Gasteiger charge is -2.28. The van der Waals surface area contributed by atoms with Gasteiger partial charge in [-0.3, -0.25) is 0 Å². The number of alkyl halides is 1. The fourth-order valence-electron chi connectivity index (χ4n) is 1.46. The largest absolute Gasteiger partial charge is 0.302 e. The SMILES string of the molecule is CCSCCN1CCC(Cl)CC1. The van der Waals surface area contributed by atoms with Crippen LogP contribution in [0.5, 0.6) is 0 Å². The van der Waals surface area contributed by atoms with E-state index in [0.717, 1.165) is 0 Å². The van der Waals surface area contributed by atoms with Gasteiger partial charge in [0, 0.05) is 17.7 Å². The van der Waals surface area contributed by atoms with Gasteiger partial charge in [0.05, 0.1) is 0 Å². The van der Waals surface area contributed by atoms with Gasteiger partial charge in [-0.25, -0.2) is 0 Å². The van der Waals surface area contributed by atoms with Gasteiger partial charge in [-0.05, 0) is 31.7 Å². The smallest absolute Gasteiger partial charge is 0.0360 e. The fourth-order valence-corrected chi connectivity index (χ4v) is 2.33. The molecular formula is C9H18ClNS. The predicted octanol–water partition coefficient (Wildman–Crippen LogP) is 2.44. The Bertz CT molecular complexity index is 113. The zero-order valence-electron chi connectivity index (χ0n) is 7.76. The summed E-state index contributed by atoms with van der Waals surface area (Å²) in [5, 5.41) is 0.445. The second kappa shape index (κ2) is 6.11. The normalized spacial score (nSPS) is 21.5. The highest BCUT2D eigenvalue weighted by Crippen LogP contribution is 2.15. The van der Waals surface area contributed by atoms with Gasteiger partial charge in [0.2, 0.25) is 0 Å². The first-order valence-corrected chi connectivity index (χ1v) is 6.36. The molecule has 0 aromatic carbocycles. The van der Waals surface area contributed by atoms with Crippen molar-refractivity contribution in [3.8, 4) is 0 Å². The van der Waals surface area contributed by atoms with Gasteiger partial charge < -0.3 is 4.90 Å². The Balaban J connectivity index is 2.01. The molecule has 0 N–H and O–H groups in total. The molecule has 0 aromatic heterocycles. The topological polar surface area (TPSA) is 3.24 Å². The molecule has 0 saturated carbocycles. The molecule has 0 atom stereocenters. The van der Waals surface area contributed by atoms with Gasteiger partial charge >= 0.3 is 0 Å². The lowest BCUT2D eigenvalue weighted by molar-refractivity contribution is 0.245. The molecule has 0 aliphatic carbocycles. The molecule has 1 fully saturated rings. The lowest BCUT2D eigenvalue weighted by atomic mass is 10.1. The number of piperidine rings is 1. The molecule has 0 amide bonds. The van der Waals surface area contributed by atoms with Crippen LogP contribution in [0.3, 0.4) is 0 Å². The average molecular weight is 208 g/mol. The van der Waals surface area contributed by atoms with E-state index >= 15 is 0 Å². The highest BCUT2D eigenvalue weighted by atomic mass is 35.5. The molecule has 1 aliphatic rings. The third-order valence-electron chi connectivity index (χ3n) is 2.27. The summed E-state index contributed by atoms with van der Waals surface area (Å²) in [5.41, 5.74) is 0. The molecule has 0 radical (unpaired) electrons. The van der Waals surface area contributed by atoms with Gasteiger partial charge in [0.15, 0.2) is 0 Å². The van der Waals surface area contributed by atoms with Gasteiger partial charge in [0.1, 0.15) is 0 Å². The van der Waals surface area contributed by atoms with Crippen LogP contribution in [0.1, 0.15) is 19.8 Å². The van der Waals surface area contributed by atoms with E-state index < -0.39 is 0 Å². The molecule has 1 rings (SSSR count). The monoisotopic (exact) mass is 207 g/mol. The Labute approximate surface area is 84.8 Å². The van der Waals surface area contributed by atoms with Crippen molar-refractivity contribution in [2.75, 3.05) is 31.1 Å². The number of hydrogen-bond acceptors (Lipinski definition) is 2. The van der Waals surface area contributed by atoms with Crippen molar-refractivity contribution in [1.29, 1.82) is 0 Å². The summed E-state index contributed by atoms with van der Waals surface area (Å²) in [5.74, 6) is 2.52. The van der Waals surface area contributed by atoms with Crippen LogP contribution in [0.4, 0.5) is 0 Å². The van der Waals surface area contributed by atoms with Crippen molar-refractivity contribution in [2.45, 2.75) is 25.1 Å². The van der Waals surface area contributed by atoms with Crippen LogP contribution < -0.4 is 0 Å². The summed E-state index contributed by atoms with van der Waals surface area (Å²) in [6, 6.07) is 0. The van der Waals surface area contributed by atoms with E-state index in [1.807, 2.05) is 11.8 Å². The minimum absolute atomic E-state index is 0.445. The molecule has 1 nitrogen and oxygen atoms in total. The van der Waals surface area contributed by atoms with Crippen LogP contribution in [-0.2, 0) is 0 Å². The molecule has 3 heteroatoms. The van der Waals surface area contributed by atoms with E-state index in [4.69, 9.17) is 11.6 Å². The highest BCUT2D eigenvalue weighted by molar-refractivity contribution is 7.99. The predicted molar refractivity (Wildman–Crippen MR) is 58.3 cm³/mol. The Morgan fingerprint density at radius 1 is 1.42 bits per heavy atom. The van der Waals surface area contributed by atoms with Crippen LogP contribution in [0, 0.1) is 0 Å². The number of halogens is 1. The quantitative estimate of drug-likeness (QED) is 0.515. The third kappa shape index (κ3) is 4.01. The van der Waals surface area contributed by atoms with Crippen LogP contribution in [-0.4, -0.2) is 41.4 Å². The maximum absolute atomic E-state index is 6.01. The Kier molecular flexibility index (Phi) is 5.44. The maximum Gasteiger partial charge on any atom is 0.0360 e. The van der Waals surface area contributed by atoms with Crippen LogP contribution in [0.15, 0.2) is 0 Å². The molecule has 1 aliphatic heterocycles. The first kappa shape index (κ1) is 10.7. The molecule has 12 heavy (non-hydrogen) atoms. The van der Waals surface area contributed by atoms with Crippen LogP contribution >= 0.6 is 23.4 Å². The van der Waals surface area contributed by atoms with Crippen molar-refractivity contribution < 1.29 is 0 Å². The summed E-state index contributed by atoms with van der Waals surface area (Å²) in [7, 11) is 0. The van der Waals surface area contributed by atoms with Crippen molar-refractivity contribution in [2.24, 2.45) is 0 Å². The third-order valence-corrected chi connectivity index (χ3v) is 3.59. The van der Waals surface area contributed by atoms with Crippen molar-refractivity contribution in [3.63, 3.8) is 0 Å². The van der Waals surface area contributed by atoms with Gasteiger partial charge in [-0.15, -0.1) is 11.6 Å². The second-order valence-corrected chi connectivity index (χ2v) is 5.22. The summed E-state index contributed by atoms with van der Waals surface area (Å²) in [6.07, 6.45) is 2.36. The highest BCUT2D eigenvalue weighted by Gasteiger charge is 2.15. The van der Waals surface area contributed by atoms with E-state index in [1.165, 1.54) is 44.0 Å². The number of hydrogen-bond donors (Lipinski definition) is 0.